The number of hydrogen-bond donors (Lipinski definition) is 0. The molecule has 0 heterocycles. The molecule has 0 bridgehead atoms. The Hall–Kier alpha value is -0.400. The molecule has 1 aromatic rings. The lowest BCUT2D eigenvalue weighted by Crippen LogP contribution is -2.30. The van der Waals surface area contributed by atoms with Crippen LogP contribution >= 0.6 is 23.2 Å². The fraction of sp³-hybridized carbons (Fsp3) is 0.571. The molecule has 1 saturated carbocycles. The molecule has 0 N–H and O–H groups in total. The van der Waals surface area contributed by atoms with Crippen molar-refractivity contribution >= 4 is 28.9 Å². The molecule has 0 aromatic heterocycles. The molecule has 94 valence electrons. The van der Waals surface area contributed by atoms with E-state index in [1.54, 1.807) is 0 Å². The summed E-state index contributed by atoms with van der Waals surface area (Å²) >= 11 is 12.1. The van der Waals surface area contributed by atoms with Gasteiger partial charge in [0.15, 0.2) is 0 Å². The first-order valence-electron chi connectivity index (χ1n) is 6.23. The average Bonchev–Trinajstić information content (AvgIpc) is 3.09. The summed E-state index contributed by atoms with van der Waals surface area (Å²) < 4.78 is 0. The monoisotopic (exact) mass is 271 g/mol. The van der Waals surface area contributed by atoms with Crippen molar-refractivity contribution in [3.05, 3.63) is 28.8 Å². The van der Waals surface area contributed by atoms with Crippen molar-refractivity contribution in [2.75, 3.05) is 11.4 Å². The van der Waals surface area contributed by atoms with Gasteiger partial charge >= 0.3 is 0 Å². The Labute approximate surface area is 114 Å². The van der Waals surface area contributed by atoms with E-state index in [2.05, 4.69) is 24.8 Å². The maximum absolute atomic E-state index is 6.11. The van der Waals surface area contributed by atoms with Crippen LogP contribution in [0.15, 0.2) is 18.2 Å². The summed E-state index contributed by atoms with van der Waals surface area (Å²) in [5, 5.41) is 0.795. The number of hydrogen-bond acceptors (Lipinski definition) is 1. The van der Waals surface area contributed by atoms with Gasteiger partial charge in [-0.15, -0.1) is 11.6 Å². The zero-order chi connectivity index (χ0) is 12.4. The van der Waals surface area contributed by atoms with Gasteiger partial charge in [0.1, 0.15) is 0 Å². The van der Waals surface area contributed by atoms with Crippen molar-refractivity contribution in [3.8, 4) is 0 Å². The Bertz CT molecular complexity index is 386. The van der Waals surface area contributed by atoms with Crippen LogP contribution in [-0.2, 0) is 5.88 Å². The maximum atomic E-state index is 6.11. The van der Waals surface area contributed by atoms with E-state index in [-0.39, 0.29) is 0 Å². The fourth-order valence-corrected chi connectivity index (χ4v) is 2.53. The van der Waals surface area contributed by atoms with Crippen LogP contribution in [0.5, 0.6) is 0 Å². The summed E-state index contributed by atoms with van der Waals surface area (Å²) in [6.07, 6.45) is 2.59. The van der Waals surface area contributed by atoms with E-state index in [1.807, 2.05) is 12.1 Å². The molecule has 0 unspecified atom stereocenters. The largest absolute Gasteiger partial charge is 0.368 e. The van der Waals surface area contributed by atoms with Gasteiger partial charge < -0.3 is 4.90 Å². The minimum absolute atomic E-state index is 0.549. The summed E-state index contributed by atoms with van der Waals surface area (Å²) in [7, 11) is 0. The van der Waals surface area contributed by atoms with Gasteiger partial charge in [0.05, 0.1) is 0 Å². The number of benzene rings is 1. The van der Waals surface area contributed by atoms with E-state index in [0.717, 1.165) is 11.6 Å². The topological polar surface area (TPSA) is 3.24 Å². The van der Waals surface area contributed by atoms with Crippen molar-refractivity contribution in [1.82, 2.24) is 0 Å². The number of halogens is 2. The SMILES string of the molecule is CC(C)CN(c1cc(Cl)ccc1CCl)C1CC1. The molecule has 1 aliphatic carbocycles. The minimum Gasteiger partial charge on any atom is -0.368 e. The first-order chi connectivity index (χ1) is 8.11. The zero-order valence-corrected chi connectivity index (χ0v) is 11.9. The molecular weight excluding hydrogens is 253 g/mol. The molecule has 0 radical (unpaired) electrons. The van der Waals surface area contributed by atoms with Gasteiger partial charge in [0.25, 0.3) is 0 Å². The van der Waals surface area contributed by atoms with Crippen LogP contribution in [0.25, 0.3) is 0 Å². The third-order valence-electron chi connectivity index (χ3n) is 3.05. The average molecular weight is 272 g/mol. The highest BCUT2D eigenvalue weighted by Crippen LogP contribution is 2.36. The van der Waals surface area contributed by atoms with Crippen LogP contribution in [0, 0.1) is 5.92 Å². The van der Waals surface area contributed by atoms with E-state index in [4.69, 9.17) is 23.2 Å². The third kappa shape index (κ3) is 3.29. The molecule has 1 nitrogen and oxygen atoms in total. The van der Waals surface area contributed by atoms with Crippen molar-refractivity contribution < 1.29 is 0 Å². The van der Waals surface area contributed by atoms with Gasteiger partial charge in [-0.1, -0.05) is 31.5 Å². The first kappa shape index (κ1) is 13.0. The minimum atomic E-state index is 0.549. The second-order valence-corrected chi connectivity index (χ2v) is 5.89. The first-order valence-corrected chi connectivity index (χ1v) is 7.14. The van der Waals surface area contributed by atoms with E-state index in [1.165, 1.54) is 24.1 Å². The van der Waals surface area contributed by atoms with E-state index in [0.29, 0.717) is 17.8 Å². The van der Waals surface area contributed by atoms with Gasteiger partial charge in [-0.25, -0.2) is 0 Å². The van der Waals surface area contributed by atoms with Gasteiger partial charge in [0, 0.05) is 29.2 Å². The molecule has 1 aliphatic rings. The number of anilines is 1. The molecule has 1 fully saturated rings. The van der Waals surface area contributed by atoms with Crippen molar-refractivity contribution in [2.45, 2.75) is 38.6 Å². The highest BCUT2D eigenvalue weighted by atomic mass is 35.5. The summed E-state index contributed by atoms with van der Waals surface area (Å²) in [5.41, 5.74) is 2.41. The van der Waals surface area contributed by atoms with Crippen molar-refractivity contribution in [1.29, 1.82) is 0 Å². The van der Waals surface area contributed by atoms with Gasteiger partial charge in [-0.3, -0.25) is 0 Å². The predicted molar refractivity (Wildman–Crippen MR) is 76.2 cm³/mol. The molecule has 0 amide bonds. The number of nitrogens with zero attached hydrogens (tertiary/aromatic N) is 1. The molecule has 0 saturated heterocycles. The standard InChI is InChI=1S/C14H19Cl2N/c1-10(2)9-17(13-5-6-13)14-7-12(16)4-3-11(14)8-15/h3-4,7,10,13H,5-6,8-9H2,1-2H3. The summed E-state index contributed by atoms with van der Waals surface area (Å²) in [5.74, 6) is 1.20. The maximum Gasteiger partial charge on any atom is 0.0494 e. The van der Waals surface area contributed by atoms with Gasteiger partial charge in [-0.2, -0.15) is 0 Å². The van der Waals surface area contributed by atoms with Crippen LogP contribution in [0.3, 0.4) is 0 Å². The summed E-state index contributed by atoms with van der Waals surface area (Å²) in [6.45, 7) is 5.58. The van der Waals surface area contributed by atoms with Crippen LogP contribution < -0.4 is 4.90 Å². The van der Waals surface area contributed by atoms with Crippen LogP contribution in [0.1, 0.15) is 32.3 Å². The van der Waals surface area contributed by atoms with Crippen molar-refractivity contribution in [3.63, 3.8) is 0 Å². The summed E-state index contributed by atoms with van der Waals surface area (Å²) in [6, 6.07) is 6.71. The Kier molecular flexibility index (Phi) is 4.22. The van der Waals surface area contributed by atoms with E-state index < -0.39 is 0 Å². The number of rotatable bonds is 5. The fourth-order valence-electron chi connectivity index (χ4n) is 2.14. The lowest BCUT2D eigenvalue weighted by atomic mass is 10.1. The Morgan fingerprint density at radius 3 is 2.59 bits per heavy atom. The van der Waals surface area contributed by atoms with Crippen molar-refractivity contribution in [2.24, 2.45) is 5.92 Å². The molecule has 0 spiro atoms. The normalized spacial score (nSPS) is 15.4. The van der Waals surface area contributed by atoms with Gasteiger partial charge in [-0.05, 0) is 36.5 Å². The zero-order valence-electron chi connectivity index (χ0n) is 10.4. The van der Waals surface area contributed by atoms with E-state index in [9.17, 15) is 0 Å². The highest BCUT2D eigenvalue weighted by molar-refractivity contribution is 6.31. The molecule has 3 heteroatoms. The Morgan fingerprint density at radius 2 is 2.06 bits per heavy atom. The van der Waals surface area contributed by atoms with E-state index >= 15 is 0 Å². The molecular formula is C14H19Cl2N. The molecule has 17 heavy (non-hydrogen) atoms. The lowest BCUT2D eigenvalue weighted by molar-refractivity contribution is 0.606. The predicted octanol–water partition coefficient (Wildman–Crippen LogP) is 4.70. The summed E-state index contributed by atoms with van der Waals surface area (Å²) in [4.78, 5) is 2.48. The second-order valence-electron chi connectivity index (χ2n) is 5.18. The molecule has 2 rings (SSSR count). The van der Waals surface area contributed by atoms with Crippen LogP contribution in [-0.4, -0.2) is 12.6 Å². The van der Waals surface area contributed by atoms with Gasteiger partial charge in [0.2, 0.25) is 0 Å². The second kappa shape index (κ2) is 5.49. The van der Waals surface area contributed by atoms with Crippen LogP contribution in [0.2, 0.25) is 5.02 Å². The smallest absolute Gasteiger partial charge is 0.0494 e. The highest BCUT2D eigenvalue weighted by Gasteiger charge is 2.30. The Morgan fingerprint density at radius 1 is 1.35 bits per heavy atom. The quantitative estimate of drug-likeness (QED) is 0.702. The van der Waals surface area contributed by atoms with Crippen LogP contribution in [0.4, 0.5) is 5.69 Å². The lowest BCUT2D eigenvalue weighted by Gasteiger charge is -2.28. The molecule has 0 atom stereocenters. The third-order valence-corrected chi connectivity index (χ3v) is 3.57. The molecule has 0 aliphatic heterocycles. The Balaban J connectivity index is 2.30. The number of alkyl halides is 1. The molecule has 1 aromatic carbocycles.